The molecule has 1 aromatic carbocycles. The molecule has 0 radical (unpaired) electrons. The first-order valence-electron chi connectivity index (χ1n) is 5.00. The Morgan fingerprint density at radius 3 is 2.50 bits per heavy atom. The van der Waals surface area contributed by atoms with Crippen LogP contribution in [-0.4, -0.2) is 7.11 Å². The molecule has 2 rings (SSSR count). The Labute approximate surface area is 83.9 Å². The van der Waals surface area contributed by atoms with Crippen LogP contribution in [0.3, 0.4) is 0 Å². The zero-order valence-electron chi connectivity index (χ0n) is 8.64. The van der Waals surface area contributed by atoms with E-state index >= 15 is 0 Å². The van der Waals surface area contributed by atoms with E-state index in [2.05, 4.69) is 6.92 Å². The lowest BCUT2D eigenvalue weighted by Gasteiger charge is -2.39. The summed E-state index contributed by atoms with van der Waals surface area (Å²) in [6.07, 6.45) is 3.59. The Morgan fingerprint density at radius 2 is 2.07 bits per heavy atom. The van der Waals surface area contributed by atoms with Crippen LogP contribution in [0.5, 0.6) is 5.75 Å². The molecule has 1 aromatic rings. The highest BCUT2D eigenvalue weighted by Crippen LogP contribution is 2.43. The van der Waals surface area contributed by atoms with Gasteiger partial charge in [0.15, 0.2) is 11.6 Å². The fourth-order valence-electron chi connectivity index (χ4n) is 2.04. The Kier molecular flexibility index (Phi) is 2.22. The SMILES string of the molecule is COc1ccc(C2(C)CCC2)cc1F. The largest absolute Gasteiger partial charge is 0.494 e. The molecule has 0 heterocycles. The van der Waals surface area contributed by atoms with Gasteiger partial charge in [-0.15, -0.1) is 0 Å². The van der Waals surface area contributed by atoms with Crippen molar-refractivity contribution in [3.63, 3.8) is 0 Å². The zero-order valence-corrected chi connectivity index (χ0v) is 8.64. The van der Waals surface area contributed by atoms with Gasteiger partial charge in [-0.25, -0.2) is 4.39 Å². The van der Waals surface area contributed by atoms with Gasteiger partial charge in [-0.3, -0.25) is 0 Å². The predicted octanol–water partition coefficient (Wildman–Crippen LogP) is 3.28. The van der Waals surface area contributed by atoms with Gasteiger partial charge in [-0.05, 0) is 36.0 Å². The molecular weight excluding hydrogens is 179 g/mol. The van der Waals surface area contributed by atoms with Gasteiger partial charge in [0.1, 0.15) is 0 Å². The lowest BCUT2D eigenvalue weighted by Crippen LogP contribution is -2.30. The van der Waals surface area contributed by atoms with Crippen LogP contribution in [0.1, 0.15) is 31.7 Å². The molecule has 2 heteroatoms. The number of methoxy groups -OCH3 is 1. The third kappa shape index (κ3) is 1.39. The first-order valence-corrected chi connectivity index (χ1v) is 5.00. The maximum atomic E-state index is 13.4. The van der Waals surface area contributed by atoms with E-state index in [4.69, 9.17) is 4.74 Å². The van der Waals surface area contributed by atoms with Gasteiger partial charge in [0, 0.05) is 0 Å². The predicted molar refractivity (Wildman–Crippen MR) is 54.2 cm³/mol. The summed E-state index contributed by atoms with van der Waals surface area (Å²) in [4.78, 5) is 0. The quantitative estimate of drug-likeness (QED) is 0.702. The molecule has 1 nitrogen and oxygen atoms in total. The molecule has 1 saturated carbocycles. The zero-order chi connectivity index (χ0) is 10.2. The van der Waals surface area contributed by atoms with Crippen LogP contribution in [0.2, 0.25) is 0 Å². The van der Waals surface area contributed by atoms with Crippen molar-refractivity contribution >= 4 is 0 Å². The van der Waals surface area contributed by atoms with E-state index in [9.17, 15) is 4.39 Å². The van der Waals surface area contributed by atoms with E-state index in [1.165, 1.54) is 26.4 Å². The van der Waals surface area contributed by atoms with Gasteiger partial charge in [-0.2, -0.15) is 0 Å². The Morgan fingerprint density at radius 1 is 1.36 bits per heavy atom. The number of rotatable bonds is 2. The van der Waals surface area contributed by atoms with Crippen molar-refractivity contribution in [1.29, 1.82) is 0 Å². The van der Waals surface area contributed by atoms with Crippen molar-refractivity contribution in [2.45, 2.75) is 31.6 Å². The number of hydrogen-bond acceptors (Lipinski definition) is 1. The van der Waals surface area contributed by atoms with Crippen LogP contribution < -0.4 is 4.74 Å². The summed E-state index contributed by atoms with van der Waals surface area (Å²) >= 11 is 0. The topological polar surface area (TPSA) is 9.23 Å². The third-order valence-corrected chi connectivity index (χ3v) is 3.31. The monoisotopic (exact) mass is 194 g/mol. The summed E-state index contributed by atoms with van der Waals surface area (Å²) < 4.78 is 18.3. The molecule has 1 fully saturated rings. The lowest BCUT2D eigenvalue weighted by atomic mass is 9.66. The highest BCUT2D eigenvalue weighted by molar-refractivity contribution is 5.34. The van der Waals surface area contributed by atoms with Crippen LogP contribution in [0.15, 0.2) is 18.2 Å². The van der Waals surface area contributed by atoms with Crippen LogP contribution >= 0.6 is 0 Å². The minimum Gasteiger partial charge on any atom is -0.494 e. The van der Waals surface area contributed by atoms with E-state index in [-0.39, 0.29) is 11.2 Å². The molecule has 0 bridgehead atoms. The molecule has 0 atom stereocenters. The molecule has 76 valence electrons. The molecule has 0 aliphatic heterocycles. The minimum atomic E-state index is -0.252. The van der Waals surface area contributed by atoms with Gasteiger partial charge >= 0.3 is 0 Å². The second-order valence-electron chi connectivity index (χ2n) is 4.26. The second-order valence-corrected chi connectivity index (χ2v) is 4.26. The smallest absolute Gasteiger partial charge is 0.165 e. The summed E-state index contributed by atoms with van der Waals surface area (Å²) in [5, 5.41) is 0. The van der Waals surface area contributed by atoms with Crippen molar-refractivity contribution in [3.05, 3.63) is 29.6 Å². The van der Waals surface area contributed by atoms with Gasteiger partial charge in [0.05, 0.1) is 7.11 Å². The number of halogens is 1. The Bertz CT molecular complexity index is 342. The molecule has 0 spiro atoms. The fraction of sp³-hybridized carbons (Fsp3) is 0.500. The summed E-state index contributed by atoms with van der Waals surface area (Å²) in [7, 11) is 1.49. The van der Waals surface area contributed by atoms with Crippen LogP contribution in [0.4, 0.5) is 4.39 Å². The number of ether oxygens (including phenoxy) is 1. The van der Waals surface area contributed by atoms with Crippen molar-refractivity contribution < 1.29 is 9.13 Å². The minimum absolute atomic E-state index is 0.201. The van der Waals surface area contributed by atoms with Gasteiger partial charge in [0.2, 0.25) is 0 Å². The maximum Gasteiger partial charge on any atom is 0.165 e. The Balaban J connectivity index is 2.32. The molecule has 1 aliphatic rings. The van der Waals surface area contributed by atoms with E-state index < -0.39 is 0 Å². The van der Waals surface area contributed by atoms with Gasteiger partial charge in [-0.1, -0.05) is 19.4 Å². The molecule has 0 amide bonds. The first kappa shape index (κ1) is 9.50. The Hall–Kier alpha value is -1.05. The normalized spacial score (nSPS) is 18.8. The van der Waals surface area contributed by atoms with Gasteiger partial charge in [0.25, 0.3) is 0 Å². The highest BCUT2D eigenvalue weighted by Gasteiger charge is 2.33. The first-order chi connectivity index (χ1) is 6.65. The molecule has 0 N–H and O–H groups in total. The maximum absolute atomic E-state index is 13.4. The third-order valence-electron chi connectivity index (χ3n) is 3.31. The second kappa shape index (κ2) is 3.26. The van der Waals surface area contributed by atoms with E-state index in [0.717, 1.165) is 5.56 Å². The van der Waals surface area contributed by atoms with Crippen molar-refractivity contribution in [2.75, 3.05) is 7.11 Å². The van der Waals surface area contributed by atoms with Crippen molar-refractivity contribution in [2.24, 2.45) is 0 Å². The lowest BCUT2D eigenvalue weighted by molar-refractivity contribution is 0.270. The van der Waals surface area contributed by atoms with Crippen LogP contribution in [0, 0.1) is 5.82 Å². The van der Waals surface area contributed by atoms with Crippen LogP contribution in [-0.2, 0) is 5.41 Å². The summed E-state index contributed by atoms with van der Waals surface area (Å²) in [6, 6.07) is 5.30. The van der Waals surface area contributed by atoms with Crippen LogP contribution in [0.25, 0.3) is 0 Å². The highest BCUT2D eigenvalue weighted by atomic mass is 19.1. The standard InChI is InChI=1S/C12H15FO/c1-12(6-3-7-12)9-4-5-11(14-2)10(13)8-9/h4-5,8H,3,6-7H2,1-2H3. The number of benzene rings is 1. The average Bonchev–Trinajstić information content (AvgIpc) is 2.14. The summed E-state index contributed by atoms with van der Waals surface area (Å²) in [5.41, 5.74) is 1.30. The molecule has 1 aliphatic carbocycles. The molecule has 0 aromatic heterocycles. The van der Waals surface area contributed by atoms with Crippen molar-refractivity contribution in [1.82, 2.24) is 0 Å². The average molecular weight is 194 g/mol. The van der Waals surface area contributed by atoms with E-state index in [1.54, 1.807) is 12.1 Å². The van der Waals surface area contributed by atoms with Gasteiger partial charge < -0.3 is 4.74 Å². The summed E-state index contributed by atoms with van der Waals surface area (Å²) in [5.74, 6) is 0.0785. The van der Waals surface area contributed by atoms with E-state index in [1.807, 2.05) is 6.07 Å². The molecular formula is C12H15FO. The summed E-state index contributed by atoms with van der Waals surface area (Å²) in [6.45, 7) is 2.19. The molecule has 14 heavy (non-hydrogen) atoms. The number of hydrogen-bond donors (Lipinski definition) is 0. The molecule has 0 saturated heterocycles. The fourth-order valence-corrected chi connectivity index (χ4v) is 2.04. The van der Waals surface area contributed by atoms with Crippen molar-refractivity contribution in [3.8, 4) is 5.75 Å². The molecule has 0 unspecified atom stereocenters. The van der Waals surface area contributed by atoms with E-state index in [0.29, 0.717) is 5.75 Å².